The minimum Gasteiger partial charge on any atom is -0.453 e. The van der Waals surface area contributed by atoms with E-state index < -0.39 is 18.3 Å². The van der Waals surface area contributed by atoms with Gasteiger partial charge in [-0.1, -0.05) is 11.6 Å². The van der Waals surface area contributed by atoms with Crippen LogP contribution in [0.5, 0.6) is 0 Å². The number of ether oxygens (including phenoxy) is 2. The summed E-state index contributed by atoms with van der Waals surface area (Å²) in [5.74, 6) is 0. The molecule has 0 heterocycles. The monoisotopic (exact) mass is 286 g/mol. The maximum absolute atomic E-state index is 11.5. The zero-order chi connectivity index (χ0) is 14.3. The van der Waals surface area contributed by atoms with E-state index in [9.17, 15) is 9.59 Å². The molecule has 19 heavy (non-hydrogen) atoms. The molecule has 0 unspecified atom stereocenters. The van der Waals surface area contributed by atoms with Crippen molar-refractivity contribution in [1.82, 2.24) is 5.32 Å². The second-order valence-corrected chi connectivity index (χ2v) is 4.16. The Balaban J connectivity index is 2.34. The summed E-state index contributed by atoms with van der Waals surface area (Å²) in [6.07, 6.45) is -1.67. The average Bonchev–Trinajstić information content (AvgIpc) is 2.38. The third kappa shape index (κ3) is 5.96. The zero-order valence-corrected chi connectivity index (χ0v) is 11.4. The fourth-order valence-electron chi connectivity index (χ4n) is 1.20. The molecule has 2 N–H and O–H groups in total. The molecule has 104 valence electrons. The third-order valence-corrected chi connectivity index (χ3v) is 2.37. The predicted octanol–water partition coefficient (Wildman–Crippen LogP) is 2.63. The fourth-order valence-corrected chi connectivity index (χ4v) is 1.33. The predicted molar refractivity (Wildman–Crippen MR) is 71.4 cm³/mol. The van der Waals surface area contributed by atoms with E-state index >= 15 is 0 Å². The molecule has 0 aromatic heterocycles. The second kappa shape index (κ2) is 7.48. The molecule has 0 saturated heterocycles. The van der Waals surface area contributed by atoms with Crippen molar-refractivity contribution in [1.29, 1.82) is 0 Å². The van der Waals surface area contributed by atoms with Crippen molar-refractivity contribution in [3.05, 3.63) is 29.3 Å². The number of hydrogen-bond donors (Lipinski definition) is 2. The molecule has 0 aliphatic carbocycles. The van der Waals surface area contributed by atoms with Crippen molar-refractivity contribution in [2.45, 2.75) is 13.0 Å². The summed E-state index contributed by atoms with van der Waals surface area (Å²) in [5, 5.41) is 5.54. The maximum atomic E-state index is 11.5. The molecule has 0 fully saturated rings. The Morgan fingerprint density at radius 2 is 1.89 bits per heavy atom. The molecule has 0 aliphatic rings. The van der Waals surface area contributed by atoms with Gasteiger partial charge in [-0.05, 0) is 31.2 Å². The lowest BCUT2D eigenvalue weighted by Crippen LogP contribution is -2.34. The van der Waals surface area contributed by atoms with Crippen LogP contribution in [0.4, 0.5) is 15.3 Å². The lowest BCUT2D eigenvalue weighted by Gasteiger charge is -2.14. The molecule has 1 aromatic carbocycles. The van der Waals surface area contributed by atoms with Crippen LogP contribution < -0.4 is 10.6 Å². The molecule has 0 aliphatic heterocycles. The largest absolute Gasteiger partial charge is 0.453 e. The highest BCUT2D eigenvalue weighted by atomic mass is 35.5. The summed E-state index contributed by atoms with van der Waals surface area (Å²) in [5.41, 5.74) is 0.572. The van der Waals surface area contributed by atoms with Gasteiger partial charge in [0.1, 0.15) is 6.10 Å². The number of carbonyl (C=O) groups excluding carboxylic acids is 2. The van der Waals surface area contributed by atoms with Gasteiger partial charge in [-0.25, -0.2) is 9.59 Å². The third-order valence-electron chi connectivity index (χ3n) is 2.12. The number of alkyl carbamates (subject to hydrolysis) is 1. The molecule has 1 atom stereocenters. The van der Waals surface area contributed by atoms with Crippen molar-refractivity contribution < 1.29 is 19.1 Å². The highest BCUT2D eigenvalue weighted by molar-refractivity contribution is 6.30. The number of carbonyl (C=O) groups is 2. The summed E-state index contributed by atoms with van der Waals surface area (Å²) in [6, 6.07) is 6.61. The Kier molecular flexibility index (Phi) is 5.95. The Morgan fingerprint density at radius 1 is 1.26 bits per heavy atom. The smallest absolute Gasteiger partial charge is 0.411 e. The van der Waals surface area contributed by atoms with Gasteiger partial charge in [-0.15, -0.1) is 0 Å². The number of methoxy groups -OCH3 is 1. The van der Waals surface area contributed by atoms with Gasteiger partial charge in [0.25, 0.3) is 0 Å². The molecule has 7 heteroatoms. The number of benzene rings is 1. The van der Waals surface area contributed by atoms with Crippen molar-refractivity contribution in [2.75, 3.05) is 19.0 Å². The van der Waals surface area contributed by atoms with Crippen LogP contribution in [-0.2, 0) is 9.47 Å². The molecule has 1 rings (SSSR count). The Morgan fingerprint density at radius 3 is 2.47 bits per heavy atom. The van der Waals surface area contributed by atoms with Crippen LogP contribution in [0.15, 0.2) is 24.3 Å². The SMILES string of the molecule is COC(=O)NC[C@H](C)OC(=O)Nc1ccc(Cl)cc1. The Bertz CT molecular complexity index is 436. The minimum atomic E-state index is -0.610. The van der Waals surface area contributed by atoms with E-state index in [-0.39, 0.29) is 6.54 Å². The molecule has 0 radical (unpaired) electrons. The lowest BCUT2D eigenvalue weighted by atomic mass is 10.3. The molecule has 1 aromatic rings. The van der Waals surface area contributed by atoms with Crippen LogP contribution in [0.1, 0.15) is 6.92 Å². The van der Waals surface area contributed by atoms with E-state index in [4.69, 9.17) is 16.3 Å². The van der Waals surface area contributed by atoms with Crippen molar-refractivity contribution in [3.63, 3.8) is 0 Å². The first-order valence-electron chi connectivity index (χ1n) is 5.56. The summed E-state index contributed by atoms with van der Waals surface area (Å²) < 4.78 is 9.42. The van der Waals surface area contributed by atoms with Crippen LogP contribution in [-0.4, -0.2) is 31.9 Å². The van der Waals surface area contributed by atoms with Crippen molar-refractivity contribution in [3.8, 4) is 0 Å². The van der Waals surface area contributed by atoms with Crippen molar-refractivity contribution in [2.24, 2.45) is 0 Å². The standard InChI is InChI=1S/C12H15ClN2O4/c1-8(7-14-11(16)18-2)19-12(17)15-10-5-3-9(13)4-6-10/h3-6,8H,7H2,1-2H3,(H,14,16)(H,15,17)/t8-/m0/s1. The fraction of sp³-hybridized carbons (Fsp3) is 0.333. The molecule has 0 bridgehead atoms. The van der Waals surface area contributed by atoms with Gasteiger partial charge in [0.05, 0.1) is 13.7 Å². The summed E-state index contributed by atoms with van der Waals surface area (Å²) in [4.78, 5) is 22.3. The van der Waals surface area contributed by atoms with Gasteiger partial charge < -0.3 is 14.8 Å². The van der Waals surface area contributed by atoms with Crippen LogP contribution in [0.25, 0.3) is 0 Å². The number of hydrogen-bond acceptors (Lipinski definition) is 4. The number of amides is 2. The normalized spacial score (nSPS) is 11.3. The molecular formula is C12H15ClN2O4. The summed E-state index contributed by atoms with van der Waals surface area (Å²) in [6.45, 7) is 1.82. The molecule has 6 nitrogen and oxygen atoms in total. The molecule has 2 amide bonds. The zero-order valence-electron chi connectivity index (χ0n) is 10.6. The topological polar surface area (TPSA) is 76.7 Å². The van der Waals surface area contributed by atoms with Gasteiger partial charge >= 0.3 is 12.2 Å². The van der Waals surface area contributed by atoms with E-state index in [1.165, 1.54) is 7.11 Å². The maximum Gasteiger partial charge on any atom is 0.411 e. The van der Waals surface area contributed by atoms with E-state index in [2.05, 4.69) is 15.4 Å². The number of nitrogens with one attached hydrogen (secondary N) is 2. The van der Waals surface area contributed by atoms with Gasteiger partial charge in [-0.2, -0.15) is 0 Å². The molecule has 0 spiro atoms. The second-order valence-electron chi connectivity index (χ2n) is 3.72. The molecular weight excluding hydrogens is 272 g/mol. The van der Waals surface area contributed by atoms with E-state index in [0.29, 0.717) is 10.7 Å². The van der Waals surface area contributed by atoms with E-state index in [1.54, 1.807) is 31.2 Å². The van der Waals surface area contributed by atoms with E-state index in [0.717, 1.165) is 0 Å². The summed E-state index contributed by atoms with van der Waals surface area (Å²) >= 11 is 5.72. The first-order chi connectivity index (χ1) is 9.01. The van der Waals surface area contributed by atoms with Crippen LogP contribution in [0.2, 0.25) is 5.02 Å². The van der Waals surface area contributed by atoms with Gasteiger partial charge in [0.2, 0.25) is 0 Å². The van der Waals surface area contributed by atoms with Crippen LogP contribution in [0.3, 0.4) is 0 Å². The van der Waals surface area contributed by atoms with Crippen LogP contribution in [0, 0.1) is 0 Å². The number of halogens is 1. The minimum absolute atomic E-state index is 0.167. The first kappa shape index (κ1) is 15.1. The quantitative estimate of drug-likeness (QED) is 0.892. The Labute approximate surface area is 116 Å². The number of anilines is 1. The molecule has 0 saturated carbocycles. The van der Waals surface area contributed by atoms with Crippen LogP contribution >= 0.6 is 11.6 Å². The van der Waals surface area contributed by atoms with E-state index in [1.807, 2.05) is 0 Å². The highest BCUT2D eigenvalue weighted by Gasteiger charge is 2.10. The van der Waals surface area contributed by atoms with Gasteiger partial charge in [-0.3, -0.25) is 5.32 Å². The van der Waals surface area contributed by atoms with Crippen molar-refractivity contribution >= 4 is 29.5 Å². The first-order valence-corrected chi connectivity index (χ1v) is 5.94. The summed E-state index contributed by atoms with van der Waals surface area (Å²) in [7, 11) is 1.26. The average molecular weight is 287 g/mol. The number of rotatable bonds is 4. The Hall–Kier alpha value is -1.95. The lowest BCUT2D eigenvalue weighted by molar-refractivity contribution is 0.115. The van der Waals surface area contributed by atoms with Gasteiger partial charge in [0, 0.05) is 10.7 Å². The highest BCUT2D eigenvalue weighted by Crippen LogP contribution is 2.13. The van der Waals surface area contributed by atoms with Gasteiger partial charge in [0.15, 0.2) is 0 Å².